The highest BCUT2D eigenvalue weighted by molar-refractivity contribution is 9.09. The second-order valence-electron chi connectivity index (χ2n) is 18.3. The van der Waals surface area contributed by atoms with Gasteiger partial charge in [-0.15, -0.1) is 0 Å². The molecule has 0 bridgehead atoms. The fraction of sp³-hybridized carbons (Fsp3) is 0.344. The first kappa shape index (κ1) is 83.7. The summed E-state index contributed by atoms with van der Waals surface area (Å²) >= 11 is 2.90. The Morgan fingerprint density at radius 2 is 0.728 bits per heavy atom. The number of aryl methyl sites for hydroxylation is 6. The lowest BCUT2D eigenvalue weighted by atomic mass is 10.2. The number of carbonyl (C=O) groups is 4. The molecule has 0 saturated heterocycles. The number of nitrogens with one attached hydrogen (secondary N) is 4. The number of likely N-dealkylation sites (N-methyl/N-ethyl adjacent to an activating group) is 4. The maximum absolute atomic E-state index is 10.9. The number of phenolic OH excluding ortho intramolecular Hbond substituents is 1. The van der Waals surface area contributed by atoms with Crippen LogP contribution in [0.4, 0.5) is 34.1 Å². The quantitative estimate of drug-likeness (QED) is 0.00834. The number of benzene rings is 6. The Balaban J connectivity index is 0. The number of halogens is 1. The standard InChI is InChI=1S/C10H12N2O4.C10H14N2O3.C10H14N2O2.C10H16N2O.C10H11NO5.C7H7NO3.C3H5BrO2.CH4/c1-7-3-4-8(12(14)15)5-9(7)16-6-10(13)11-2;1-8-3-4-9(12(13)14)7-10(8)15-6-5-11-2;1-7-3-4-8(11)5-9(7)14-6-10(13)12-2;1-8-3-4-9(11)7-10(8)13-6-5-12-2;1-7-3-4-8(11(13)14)5-9(7)16-6-10(12)15-2;1-5-2-3-6(8(10)11)4-7(5)9;1-6-3(5)2-4;/h3-5H,6H2,1-2H3,(H,11,13);3-4,7,11H,5-6H2,1-2H3;3-5H,6,11H2,1-2H3,(H,12,13);3-4,7,12H,5-6,11H2,1-2H3;3-5H,6H2,1-2H3;2-4,9H,1H3;2H2,1H3;1H4. The minimum Gasteiger partial charge on any atom is -0.507 e. The van der Waals surface area contributed by atoms with E-state index in [1.54, 1.807) is 58.2 Å². The van der Waals surface area contributed by atoms with Crippen LogP contribution in [0.3, 0.4) is 0 Å². The summed E-state index contributed by atoms with van der Waals surface area (Å²) < 4.78 is 35.1. The largest absolute Gasteiger partial charge is 0.507 e. The third-order valence-corrected chi connectivity index (χ3v) is 11.8. The molecule has 0 aliphatic heterocycles. The summed E-state index contributed by atoms with van der Waals surface area (Å²) in [6.45, 7) is 13.2. The number of carbonyl (C=O) groups excluding carboxylic acids is 4. The molecule has 0 saturated carbocycles. The van der Waals surface area contributed by atoms with Crippen LogP contribution in [0.25, 0.3) is 0 Å². The van der Waals surface area contributed by atoms with Gasteiger partial charge >= 0.3 is 11.9 Å². The molecule has 0 fully saturated rings. The van der Waals surface area contributed by atoms with Crippen molar-refractivity contribution >= 4 is 73.8 Å². The van der Waals surface area contributed by atoms with Gasteiger partial charge in [0, 0.05) is 75.0 Å². The smallest absolute Gasteiger partial charge is 0.343 e. The van der Waals surface area contributed by atoms with E-state index < -0.39 is 25.7 Å². The van der Waals surface area contributed by atoms with E-state index in [0.29, 0.717) is 54.0 Å². The molecule has 0 aliphatic carbocycles. The van der Waals surface area contributed by atoms with Crippen LogP contribution in [0.1, 0.15) is 40.8 Å². The van der Waals surface area contributed by atoms with Crippen LogP contribution >= 0.6 is 15.9 Å². The van der Waals surface area contributed by atoms with Crippen LogP contribution in [-0.4, -0.2) is 142 Å². The van der Waals surface area contributed by atoms with Gasteiger partial charge in [-0.05, 0) is 125 Å². The molecule has 0 heterocycles. The number of aromatic hydroxyl groups is 1. The molecule has 6 aromatic rings. The van der Waals surface area contributed by atoms with Crippen molar-refractivity contribution in [3.63, 3.8) is 0 Å². The van der Waals surface area contributed by atoms with E-state index >= 15 is 0 Å². The lowest BCUT2D eigenvalue weighted by Crippen LogP contribution is -2.25. The van der Waals surface area contributed by atoms with Gasteiger partial charge in [-0.25, -0.2) is 4.79 Å². The minimum atomic E-state index is -0.542. The fourth-order valence-electron chi connectivity index (χ4n) is 6.04. The molecule has 0 radical (unpaired) electrons. The zero-order chi connectivity index (χ0) is 69.2. The van der Waals surface area contributed by atoms with Crippen LogP contribution in [0, 0.1) is 82.0 Å². The Morgan fingerprint density at radius 1 is 0.446 bits per heavy atom. The van der Waals surface area contributed by atoms with E-state index in [1.807, 2.05) is 59.1 Å². The van der Waals surface area contributed by atoms with Gasteiger partial charge in [0.2, 0.25) is 0 Å². The van der Waals surface area contributed by atoms with E-state index in [-0.39, 0.29) is 78.9 Å². The predicted octanol–water partition coefficient (Wildman–Crippen LogP) is 8.66. The molecule has 0 spiro atoms. The summed E-state index contributed by atoms with van der Waals surface area (Å²) in [5, 5.41) is 61.9. The van der Waals surface area contributed by atoms with Crippen LogP contribution in [0.2, 0.25) is 0 Å². The highest BCUT2D eigenvalue weighted by atomic mass is 79.9. The summed E-state index contributed by atoms with van der Waals surface area (Å²) in [5.41, 5.74) is 17.5. The number of nitro groups is 4. The molecule has 6 rings (SSSR count). The van der Waals surface area contributed by atoms with Crippen LogP contribution in [0.5, 0.6) is 34.5 Å². The van der Waals surface area contributed by atoms with Crippen molar-refractivity contribution in [1.29, 1.82) is 0 Å². The predicted molar refractivity (Wildman–Crippen MR) is 352 cm³/mol. The number of methoxy groups -OCH3 is 2. The van der Waals surface area contributed by atoms with Crippen molar-refractivity contribution in [1.82, 2.24) is 21.3 Å². The van der Waals surface area contributed by atoms with Crippen molar-refractivity contribution in [3.05, 3.63) is 183 Å². The second kappa shape index (κ2) is 46.7. The number of ether oxygens (including phenoxy) is 7. The number of nitrogens with zero attached hydrogens (tertiary/aromatic N) is 4. The first-order valence-electron chi connectivity index (χ1n) is 27.0. The number of hydrogen-bond donors (Lipinski definition) is 7. The Bertz CT molecular complexity index is 3230. The fourth-order valence-corrected chi connectivity index (χ4v) is 6.27. The second-order valence-corrected chi connectivity index (χ2v) is 18.9. The number of alkyl halides is 1. The summed E-state index contributed by atoms with van der Waals surface area (Å²) in [5.74, 6) is 1.47. The van der Waals surface area contributed by atoms with Gasteiger partial charge < -0.3 is 71.0 Å². The highest BCUT2D eigenvalue weighted by Crippen LogP contribution is 2.27. The van der Waals surface area contributed by atoms with Gasteiger partial charge in [-0.1, -0.05) is 35.5 Å². The lowest BCUT2D eigenvalue weighted by molar-refractivity contribution is -0.385. The van der Waals surface area contributed by atoms with Gasteiger partial charge in [-0.3, -0.25) is 54.8 Å². The van der Waals surface area contributed by atoms with Crippen LogP contribution in [-0.2, 0) is 28.7 Å². The molecular weight excluding hydrogens is 1270 g/mol. The van der Waals surface area contributed by atoms with Crippen molar-refractivity contribution < 1.29 is 77.1 Å². The summed E-state index contributed by atoms with van der Waals surface area (Å²) in [4.78, 5) is 82.3. The van der Waals surface area contributed by atoms with Crippen molar-refractivity contribution in [2.45, 2.75) is 49.0 Å². The molecule has 2 amide bonds. The number of esters is 2. The van der Waals surface area contributed by atoms with E-state index in [1.165, 1.54) is 69.8 Å². The maximum Gasteiger partial charge on any atom is 0.343 e. The lowest BCUT2D eigenvalue weighted by Gasteiger charge is -2.09. The Hall–Kier alpha value is -10.4. The number of amides is 2. The summed E-state index contributed by atoms with van der Waals surface area (Å²) in [6.07, 6.45) is 0. The van der Waals surface area contributed by atoms with Gasteiger partial charge in [0.05, 0.1) is 58.2 Å². The summed E-state index contributed by atoms with van der Waals surface area (Å²) in [6, 6.07) is 28.1. The average molecular weight is 1360 g/mol. The van der Waals surface area contributed by atoms with Crippen LogP contribution in [0.15, 0.2) is 109 Å². The third-order valence-electron chi connectivity index (χ3n) is 11.4. The number of non-ortho nitro benzene ring substituents is 4. The molecule has 9 N–H and O–H groups in total. The number of nitrogens with two attached hydrogens (primary N) is 2. The number of nitrogen functional groups attached to an aromatic ring is 2. The molecule has 504 valence electrons. The topological polar surface area (TPSA) is 426 Å². The minimum absolute atomic E-state index is 0. The number of hydrogen-bond acceptors (Lipinski definition) is 24. The summed E-state index contributed by atoms with van der Waals surface area (Å²) in [7, 11) is 9.37. The molecule has 0 aromatic heterocycles. The van der Waals surface area contributed by atoms with Crippen molar-refractivity contribution in [3.8, 4) is 34.5 Å². The number of nitro benzene ring substituents is 4. The molecule has 30 nitrogen and oxygen atoms in total. The maximum atomic E-state index is 10.9. The first-order chi connectivity index (χ1) is 43.0. The Kier molecular flexibility index (Phi) is 42.4. The average Bonchev–Trinajstić information content (AvgIpc) is 3.64. The van der Waals surface area contributed by atoms with E-state index in [9.17, 15) is 59.6 Å². The van der Waals surface area contributed by atoms with Crippen molar-refractivity contribution in [2.24, 2.45) is 0 Å². The van der Waals surface area contributed by atoms with E-state index in [2.05, 4.69) is 46.7 Å². The number of rotatable bonds is 22. The highest BCUT2D eigenvalue weighted by Gasteiger charge is 2.14. The van der Waals surface area contributed by atoms with E-state index in [4.69, 9.17) is 40.3 Å². The molecule has 0 atom stereocenters. The zero-order valence-electron chi connectivity index (χ0n) is 52.6. The van der Waals surface area contributed by atoms with E-state index in [0.717, 1.165) is 51.9 Å². The Morgan fingerprint density at radius 3 is 1.01 bits per heavy atom. The molecule has 0 unspecified atom stereocenters. The SMILES string of the molecule is C.CNC(=O)COc1cc(N)ccc1C.CNC(=O)COc1cc([N+](=O)[O-])ccc1C.CNCCOc1cc(N)ccc1C.CNCCOc1cc([N+](=O)[O-])ccc1C.COC(=O)CBr.COC(=O)COc1cc([N+](=O)[O-])ccc1C.Cc1ccc([N+](=O)[O-])cc1O. The molecule has 92 heavy (non-hydrogen) atoms. The third kappa shape index (κ3) is 35.0. The number of anilines is 2. The van der Waals surface area contributed by atoms with Crippen molar-refractivity contribution in [2.75, 3.05) is 105 Å². The molecular formula is C61H83BrN10O20. The van der Waals surface area contributed by atoms with Crippen LogP contribution < -0.4 is 56.4 Å². The van der Waals surface area contributed by atoms with Gasteiger partial charge in [-0.2, -0.15) is 0 Å². The Labute approximate surface area is 541 Å². The molecule has 31 heteroatoms. The molecule has 0 aliphatic rings. The van der Waals surface area contributed by atoms with Gasteiger partial charge in [0.1, 0.15) is 53.0 Å². The molecule has 6 aromatic carbocycles. The van der Waals surface area contributed by atoms with Gasteiger partial charge in [0.15, 0.2) is 19.8 Å². The first-order valence-corrected chi connectivity index (χ1v) is 28.1. The zero-order valence-corrected chi connectivity index (χ0v) is 54.2. The normalized spacial score (nSPS) is 9.49. The number of phenols is 1. The van der Waals surface area contributed by atoms with Gasteiger partial charge in [0.25, 0.3) is 34.6 Å². The monoisotopic (exact) mass is 1350 g/mol.